The van der Waals surface area contributed by atoms with Gasteiger partial charge in [0.05, 0.1) is 5.52 Å². The van der Waals surface area contributed by atoms with Crippen LogP contribution in [0.2, 0.25) is 0 Å². The topological polar surface area (TPSA) is 34.0 Å². The third-order valence-corrected chi connectivity index (χ3v) is 4.45. The predicted octanol–water partition coefficient (Wildman–Crippen LogP) is 4.21. The minimum Gasteiger partial charge on any atom is -0.327 e. The zero-order chi connectivity index (χ0) is 17.9. The minimum atomic E-state index is 0.803. The first-order chi connectivity index (χ1) is 12.7. The number of imidazole rings is 1. The number of hydrogen-bond donors (Lipinski definition) is 0. The van der Waals surface area contributed by atoms with Gasteiger partial charge in [0.2, 0.25) is 0 Å². The van der Waals surface area contributed by atoms with E-state index in [4.69, 9.17) is 0 Å². The van der Waals surface area contributed by atoms with Gasteiger partial charge in [0.15, 0.2) is 0 Å². The highest BCUT2D eigenvalue weighted by Crippen LogP contribution is 2.23. The van der Waals surface area contributed by atoms with Crippen molar-refractivity contribution in [2.45, 2.75) is 13.1 Å². The first kappa shape index (κ1) is 16.5. The van der Waals surface area contributed by atoms with Gasteiger partial charge in [0.1, 0.15) is 5.82 Å². The molecular weight excluding hydrogens is 320 g/mol. The quantitative estimate of drug-likeness (QED) is 0.545. The molecule has 0 aliphatic rings. The second kappa shape index (κ2) is 7.10. The summed E-state index contributed by atoms with van der Waals surface area (Å²) in [5.74, 6) is 0.968. The molecule has 130 valence electrons. The summed E-state index contributed by atoms with van der Waals surface area (Å²) in [5.41, 5.74) is 4.67. The van der Waals surface area contributed by atoms with Crippen LogP contribution in [0.4, 0.5) is 0 Å². The van der Waals surface area contributed by atoms with Crippen LogP contribution in [0.25, 0.3) is 22.3 Å². The molecule has 0 N–H and O–H groups in total. The van der Waals surface area contributed by atoms with E-state index in [2.05, 4.69) is 82.1 Å². The maximum Gasteiger partial charge on any atom is 0.140 e. The van der Waals surface area contributed by atoms with Gasteiger partial charge >= 0.3 is 0 Å². The molecular formula is C22H22N4. The van der Waals surface area contributed by atoms with Crippen LogP contribution in [0.3, 0.4) is 0 Å². The lowest BCUT2D eigenvalue weighted by Crippen LogP contribution is -2.10. The first-order valence-electron chi connectivity index (χ1n) is 8.78. The van der Waals surface area contributed by atoms with E-state index in [1.807, 2.05) is 24.7 Å². The van der Waals surface area contributed by atoms with E-state index in [0.29, 0.717) is 0 Å². The van der Waals surface area contributed by atoms with E-state index >= 15 is 0 Å². The van der Waals surface area contributed by atoms with E-state index in [-0.39, 0.29) is 0 Å². The van der Waals surface area contributed by atoms with Crippen molar-refractivity contribution in [2.24, 2.45) is 0 Å². The number of aromatic nitrogens is 3. The van der Waals surface area contributed by atoms with E-state index < -0.39 is 0 Å². The summed E-state index contributed by atoms with van der Waals surface area (Å²) in [6, 6.07) is 19.2. The molecule has 0 aliphatic carbocycles. The third kappa shape index (κ3) is 3.51. The van der Waals surface area contributed by atoms with Crippen molar-refractivity contribution in [1.82, 2.24) is 19.4 Å². The summed E-state index contributed by atoms with van der Waals surface area (Å²) in [6.45, 7) is 1.76. The van der Waals surface area contributed by atoms with Crippen molar-refractivity contribution in [3.8, 4) is 11.4 Å². The second-order valence-corrected chi connectivity index (χ2v) is 6.84. The summed E-state index contributed by atoms with van der Waals surface area (Å²) >= 11 is 0. The molecule has 0 bridgehead atoms. The van der Waals surface area contributed by atoms with Crippen molar-refractivity contribution in [3.63, 3.8) is 0 Å². The maximum atomic E-state index is 4.57. The lowest BCUT2D eigenvalue weighted by Gasteiger charge is -2.11. The van der Waals surface area contributed by atoms with Gasteiger partial charge in [-0.1, -0.05) is 42.5 Å². The molecule has 0 amide bonds. The lowest BCUT2D eigenvalue weighted by atomic mass is 10.1. The molecule has 2 aromatic heterocycles. The molecule has 2 aromatic carbocycles. The van der Waals surface area contributed by atoms with E-state index in [0.717, 1.165) is 35.4 Å². The van der Waals surface area contributed by atoms with E-state index in [9.17, 15) is 0 Å². The Morgan fingerprint density at radius 1 is 0.885 bits per heavy atom. The van der Waals surface area contributed by atoms with Crippen molar-refractivity contribution < 1.29 is 0 Å². The number of pyridine rings is 1. The van der Waals surface area contributed by atoms with Crippen LogP contribution in [-0.2, 0) is 13.1 Å². The van der Waals surface area contributed by atoms with Crippen LogP contribution in [0, 0.1) is 0 Å². The van der Waals surface area contributed by atoms with E-state index in [1.54, 1.807) is 0 Å². The summed E-state index contributed by atoms with van der Waals surface area (Å²) in [6.07, 6.45) is 5.72. The van der Waals surface area contributed by atoms with Gasteiger partial charge in [-0.05, 0) is 37.4 Å². The highest BCUT2D eigenvalue weighted by atomic mass is 15.1. The van der Waals surface area contributed by atoms with Crippen LogP contribution in [0.1, 0.15) is 11.1 Å². The Labute approximate surface area is 153 Å². The summed E-state index contributed by atoms with van der Waals surface area (Å²) < 4.78 is 2.19. The standard InChI is InChI=1S/C22H22N4/c1-25(2)15-17-5-7-18(8-6-17)16-26-13-12-24-22(26)20-10-9-19-4-3-11-23-21(19)14-20/h3-14H,15-16H2,1-2H3. The normalized spacial score (nSPS) is 11.3. The molecule has 0 fully saturated rings. The third-order valence-electron chi connectivity index (χ3n) is 4.45. The monoisotopic (exact) mass is 342 g/mol. The van der Waals surface area contributed by atoms with Gasteiger partial charge in [-0.25, -0.2) is 4.98 Å². The second-order valence-electron chi connectivity index (χ2n) is 6.84. The highest BCUT2D eigenvalue weighted by molar-refractivity contribution is 5.82. The fourth-order valence-electron chi connectivity index (χ4n) is 3.21. The molecule has 4 rings (SSSR count). The summed E-state index contributed by atoms with van der Waals surface area (Å²) in [5, 5.41) is 1.14. The molecule has 0 radical (unpaired) electrons. The van der Waals surface area contributed by atoms with Gasteiger partial charge in [-0.3, -0.25) is 4.98 Å². The fourth-order valence-corrected chi connectivity index (χ4v) is 3.21. The van der Waals surface area contributed by atoms with Gasteiger partial charge in [-0.2, -0.15) is 0 Å². The molecule has 26 heavy (non-hydrogen) atoms. The molecule has 0 atom stereocenters. The van der Waals surface area contributed by atoms with Gasteiger partial charge in [0.25, 0.3) is 0 Å². The number of nitrogens with zero attached hydrogens (tertiary/aromatic N) is 4. The first-order valence-corrected chi connectivity index (χ1v) is 8.78. The Morgan fingerprint density at radius 2 is 1.69 bits per heavy atom. The van der Waals surface area contributed by atoms with Gasteiger partial charge in [0, 0.05) is 42.6 Å². The fraction of sp³-hybridized carbons (Fsp3) is 0.182. The lowest BCUT2D eigenvalue weighted by molar-refractivity contribution is 0.402. The smallest absolute Gasteiger partial charge is 0.140 e. The predicted molar refractivity (Wildman–Crippen MR) is 106 cm³/mol. The van der Waals surface area contributed by atoms with Crippen LogP contribution in [0.5, 0.6) is 0 Å². The van der Waals surface area contributed by atoms with Crippen molar-refractivity contribution in [2.75, 3.05) is 14.1 Å². The molecule has 0 unspecified atom stereocenters. The molecule has 2 heterocycles. The van der Waals surface area contributed by atoms with E-state index in [1.165, 1.54) is 11.1 Å². The number of rotatable bonds is 5. The highest BCUT2D eigenvalue weighted by Gasteiger charge is 2.08. The molecule has 4 nitrogen and oxygen atoms in total. The van der Waals surface area contributed by atoms with Gasteiger partial charge < -0.3 is 9.47 Å². The summed E-state index contributed by atoms with van der Waals surface area (Å²) in [7, 11) is 4.17. The Kier molecular flexibility index (Phi) is 4.50. The molecule has 0 saturated heterocycles. The zero-order valence-corrected chi connectivity index (χ0v) is 15.1. The van der Waals surface area contributed by atoms with Crippen molar-refractivity contribution in [3.05, 3.63) is 84.3 Å². The largest absolute Gasteiger partial charge is 0.327 e. The molecule has 0 saturated carbocycles. The Bertz CT molecular complexity index is 1020. The number of hydrogen-bond acceptors (Lipinski definition) is 3. The molecule has 4 aromatic rings. The summed E-state index contributed by atoms with van der Waals surface area (Å²) in [4.78, 5) is 11.2. The number of benzene rings is 2. The SMILES string of the molecule is CN(C)Cc1ccc(Cn2ccnc2-c2ccc3cccnc3c2)cc1. The minimum absolute atomic E-state index is 0.803. The van der Waals surface area contributed by atoms with Crippen LogP contribution >= 0.6 is 0 Å². The number of fused-ring (bicyclic) bond motifs is 1. The Balaban J connectivity index is 1.60. The molecule has 0 spiro atoms. The van der Waals surface area contributed by atoms with Crippen LogP contribution in [-0.4, -0.2) is 33.5 Å². The molecule has 0 aliphatic heterocycles. The van der Waals surface area contributed by atoms with Crippen LogP contribution in [0.15, 0.2) is 73.2 Å². The Morgan fingerprint density at radius 3 is 2.50 bits per heavy atom. The molecule has 4 heteroatoms. The van der Waals surface area contributed by atoms with Crippen LogP contribution < -0.4 is 0 Å². The van der Waals surface area contributed by atoms with Crippen molar-refractivity contribution in [1.29, 1.82) is 0 Å². The Hall–Kier alpha value is -2.98. The average molecular weight is 342 g/mol. The maximum absolute atomic E-state index is 4.57. The average Bonchev–Trinajstić information content (AvgIpc) is 3.10. The zero-order valence-electron chi connectivity index (χ0n) is 15.1. The van der Waals surface area contributed by atoms with Crippen molar-refractivity contribution >= 4 is 10.9 Å². The van der Waals surface area contributed by atoms with Gasteiger partial charge in [-0.15, -0.1) is 0 Å².